The topological polar surface area (TPSA) is 106 Å². The molecule has 25 heavy (non-hydrogen) atoms. The van der Waals surface area contributed by atoms with Gasteiger partial charge in [-0.05, 0) is 5.92 Å². The standard InChI is InChI=1S/C17H29N5O3/c1-12(2)9-18-17(25)7-8-22-11-14(20-21-22)10-19-16(24)6-5-15(23)13(3)4/h11-13H,5-10H2,1-4H3,(H,18,25)(H,19,24). The molecule has 0 unspecified atom stereocenters. The number of hydrogen-bond donors (Lipinski definition) is 2. The lowest BCUT2D eigenvalue weighted by Crippen LogP contribution is -2.28. The normalized spacial score (nSPS) is 11.0. The number of ketones is 1. The zero-order valence-electron chi connectivity index (χ0n) is 15.5. The molecule has 140 valence electrons. The zero-order valence-corrected chi connectivity index (χ0v) is 15.5. The van der Waals surface area contributed by atoms with Crippen LogP contribution in [-0.4, -0.2) is 39.1 Å². The van der Waals surface area contributed by atoms with Crippen LogP contribution in [-0.2, 0) is 27.5 Å². The summed E-state index contributed by atoms with van der Waals surface area (Å²) in [5.41, 5.74) is 0.617. The number of nitrogens with zero attached hydrogens (tertiary/aromatic N) is 3. The molecule has 0 aromatic carbocycles. The Labute approximate surface area is 148 Å². The van der Waals surface area contributed by atoms with Crippen LogP contribution in [0.4, 0.5) is 0 Å². The van der Waals surface area contributed by atoms with Crippen LogP contribution in [0.3, 0.4) is 0 Å². The van der Waals surface area contributed by atoms with Gasteiger partial charge in [0.15, 0.2) is 0 Å². The molecule has 0 aliphatic carbocycles. The Balaban J connectivity index is 2.27. The molecular formula is C17H29N5O3. The number of Topliss-reactive ketones (excluding diaryl/α,β-unsaturated/α-hetero) is 1. The fourth-order valence-electron chi connectivity index (χ4n) is 1.95. The Bertz CT molecular complexity index is 581. The van der Waals surface area contributed by atoms with Gasteiger partial charge in [0.1, 0.15) is 11.5 Å². The third-order valence-electron chi connectivity index (χ3n) is 3.57. The van der Waals surface area contributed by atoms with Crippen molar-refractivity contribution in [3.05, 3.63) is 11.9 Å². The average Bonchev–Trinajstić information content (AvgIpc) is 3.01. The molecule has 0 fully saturated rings. The third kappa shape index (κ3) is 8.97. The van der Waals surface area contributed by atoms with Crippen LogP contribution in [0.1, 0.15) is 52.7 Å². The van der Waals surface area contributed by atoms with Crippen LogP contribution in [0, 0.1) is 11.8 Å². The minimum absolute atomic E-state index is 0.0196. The highest BCUT2D eigenvalue weighted by molar-refractivity contribution is 5.85. The molecule has 0 bridgehead atoms. The smallest absolute Gasteiger partial charge is 0.221 e. The van der Waals surface area contributed by atoms with E-state index in [1.165, 1.54) is 0 Å². The number of aryl methyl sites for hydroxylation is 1. The van der Waals surface area contributed by atoms with Crippen LogP contribution in [0.2, 0.25) is 0 Å². The van der Waals surface area contributed by atoms with Crippen molar-refractivity contribution in [2.24, 2.45) is 11.8 Å². The maximum absolute atomic E-state index is 11.7. The fraction of sp³-hybridized carbons (Fsp3) is 0.706. The Morgan fingerprint density at radius 3 is 2.36 bits per heavy atom. The van der Waals surface area contributed by atoms with Crippen molar-refractivity contribution in [2.75, 3.05) is 6.54 Å². The second kappa shape index (κ2) is 10.6. The molecule has 1 aromatic heterocycles. The summed E-state index contributed by atoms with van der Waals surface area (Å²) in [5.74, 6) is 0.245. The summed E-state index contributed by atoms with van der Waals surface area (Å²) >= 11 is 0. The van der Waals surface area contributed by atoms with Crippen LogP contribution >= 0.6 is 0 Å². The number of carbonyl (C=O) groups excluding carboxylic acids is 3. The second-order valence-electron chi connectivity index (χ2n) is 6.82. The number of aromatic nitrogens is 3. The van der Waals surface area contributed by atoms with E-state index in [0.717, 1.165) is 0 Å². The van der Waals surface area contributed by atoms with Gasteiger partial charge >= 0.3 is 0 Å². The largest absolute Gasteiger partial charge is 0.356 e. The maximum atomic E-state index is 11.7. The van der Waals surface area contributed by atoms with Crippen molar-refractivity contribution in [2.45, 2.75) is 60.0 Å². The van der Waals surface area contributed by atoms with E-state index < -0.39 is 0 Å². The van der Waals surface area contributed by atoms with E-state index in [4.69, 9.17) is 0 Å². The average molecular weight is 351 g/mol. The van der Waals surface area contributed by atoms with Crippen LogP contribution < -0.4 is 10.6 Å². The van der Waals surface area contributed by atoms with Crippen molar-refractivity contribution in [1.82, 2.24) is 25.6 Å². The van der Waals surface area contributed by atoms with Crippen LogP contribution in [0.5, 0.6) is 0 Å². The predicted molar refractivity (Wildman–Crippen MR) is 93.4 cm³/mol. The molecule has 2 amide bonds. The van der Waals surface area contributed by atoms with Crippen LogP contribution in [0.25, 0.3) is 0 Å². The molecule has 1 rings (SSSR count). The van der Waals surface area contributed by atoms with Gasteiger partial charge < -0.3 is 10.6 Å². The monoisotopic (exact) mass is 351 g/mol. The first-order valence-corrected chi connectivity index (χ1v) is 8.73. The third-order valence-corrected chi connectivity index (χ3v) is 3.57. The number of carbonyl (C=O) groups is 3. The quantitative estimate of drug-likeness (QED) is 0.620. The van der Waals surface area contributed by atoms with Gasteiger partial charge in [-0.2, -0.15) is 0 Å². The highest BCUT2D eigenvalue weighted by Gasteiger charge is 2.11. The lowest BCUT2D eigenvalue weighted by Gasteiger charge is -2.07. The van der Waals surface area contributed by atoms with Gasteiger partial charge in [-0.3, -0.25) is 19.1 Å². The van der Waals surface area contributed by atoms with Crippen molar-refractivity contribution in [3.63, 3.8) is 0 Å². The molecule has 0 aliphatic heterocycles. The SMILES string of the molecule is CC(C)CNC(=O)CCn1cc(CNC(=O)CCC(=O)C(C)C)nn1. The molecule has 8 nitrogen and oxygen atoms in total. The van der Waals surface area contributed by atoms with Gasteiger partial charge in [0.05, 0.1) is 19.3 Å². The van der Waals surface area contributed by atoms with Gasteiger partial charge in [0.2, 0.25) is 11.8 Å². The van der Waals surface area contributed by atoms with E-state index in [1.807, 2.05) is 27.7 Å². The fourth-order valence-corrected chi connectivity index (χ4v) is 1.95. The molecule has 1 aromatic rings. The summed E-state index contributed by atoms with van der Waals surface area (Å²) in [6.07, 6.45) is 2.47. The minimum Gasteiger partial charge on any atom is -0.356 e. The van der Waals surface area contributed by atoms with Crippen molar-refractivity contribution < 1.29 is 14.4 Å². The molecule has 1 heterocycles. The molecule has 0 saturated carbocycles. The van der Waals surface area contributed by atoms with Crippen LogP contribution in [0.15, 0.2) is 6.20 Å². The Morgan fingerprint density at radius 2 is 1.72 bits per heavy atom. The minimum atomic E-state index is -0.184. The molecule has 2 N–H and O–H groups in total. The molecule has 0 atom stereocenters. The van der Waals surface area contributed by atoms with Gasteiger partial charge in [-0.1, -0.05) is 32.9 Å². The predicted octanol–water partition coefficient (Wildman–Crippen LogP) is 1.06. The van der Waals surface area contributed by atoms with E-state index in [9.17, 15) is 14.4 Å². The van der Waals surface area contributed by atoms with Crippen molar-refractivity contribution in [1.29, 1.82) is 0 Å². The lowest BCUT2D eigenvalue weighted by molar-refractivity contribution is -0.126. The van der Waals surface area contributed by atoms with Crippen molar-refractivity contribution >= 4 is 17.6 Å². The van der Waals surface area contributed by atoms with E-state index in [1.54, 1.807) is 10.9 Å². The lowest BCUT2D eigenvalue weighted by atomic mass is 10.0. The van der Waals surface area contributed by atoms with Gasteiger partial charge in [0, 0.05) is 31.7 Å². The molecule has 8 heteroatoms. The first-order valence-electron chi connectivity index (χ1n) is 8.73. The second-order valence-corrected chi connectivity index (χ2v) is 6.82. The van der Waals surface area contributed by atoms with E-state index in [-0.39, 0.29) is 42.9 Å². The molecule has 0 spiro atoms. The Kier molecular flexibility index (Phi) is 8.80. The molecule has 0 radical (unpaired) electrons. The molecule has 0 aliphatic rings. The molecule has 0 saturated heterocycles. The van der Waals surface area contributed by atoms with Gasteiger partial charge in [0.25, 0.3) is 0 Å². The molecular weight excluding hydrogens is 322 g/mol. The van der Waals surface area contributed by atoms with Crippen molar-refractivity contribution in [3.8, 4) is 0 Å². The Hall–Kier alpha value is -2.25. The van der Waals surface area contributed by atoms with Gasteiger partial charge in [-0.25, -0.2) is 0 Å². The highest BCUT2D eigenvalue weighted by Crippen LogP contribution is 2.02. The summed E-state index contributed by atoms with van der Waals surface area (Å²) < 4.78 is 1.58. The van der Waals surface area contributed by atoms with E-state index >= 15 is 0 Å². The Morgan fingerprint density at radius 1 is 1.04 bits per heavy atom. The van der Waals surface area contributed by atoms with E-state index in [2.05, 4.69) is 20.9 Å². The number of hydrogen-bond acceptors (Lipinski definition) is 5. The first-order chi connectivity index (χ1) is 11.8. The number of nitrogens with one attached hydrogen (secondary N) is 2. The maximum Gasteiger partial charge on any atom is 0.221 e. The number of amides is 2. The van der Waals surface area contributed by atoms with Gasteiger partial charge in [-0.15, -0.1) is 5.10 Å². The first kappa shape index (κ1) is 20.8. The summed E-state index contributed by atoms with van der Waals surface area (Å²) in [7, 11) is 0. The number of rotatable bonds is 11. The summed E-state index contributed by atoms with van der Waals surface area (Å²) in [4.78, 5) is 34.9. The highest BCUT2D eigenvalue weighted by atomic mass is 16.2. The summed E-state index contributed by atoms with van der Waals surface area (Å²) in [6.45, 7) is 9.08. The summed E-state index contributed by atoms with van der Waals surface area (Å²) in [6, 6.07) is 0. The summed E-state index contributed by atoms with van der Waals surface area (Å²) in [5, 5.41) is 13.5. The van der Waals surface area contributed by atoms with E-state index in [0.29, 0.717) is 31.1 Å². The zero-order chi connectivity index (χ0) is 18.8.